The van der Waals surface area contributed by atoms with Gasteiger partial charge in [-0.3, -0.25) is 9.52 Å². The van der Waals surface area contributed by atoms with Crippen molar-refractivity contribution >= 4 is 49.1 Å². The molecule has 0 aliphatic rings. The summed E-state index contributed by atoms with van der Waals surface area (Å²) in [4.78, 5) is 11.0. The summed E-state index contributed by atoms with van der Waals surface area (Å²) >= 11 is 1.23. The molecule has 136 valence electrons. The Balaban J connectivity index is 2.06. The van der Waals surface area contributed by atoms with Crippen molar-refractivity contribution in [3.05, 3.63) is 53.1 Å². The van der Waals surface area contributed by atoms with E-state index in [-0.39, 0.29) is 9.90 Å². The molecule has 5 nitrogen and oxygen atoms in total. The summed E-state index contributed by atoms with van der Waals surface area (Å²) in [5, 5.41) is 0.947. The van der Waals surface area contributed by atoms with E-state index in [1.807, 2.05) is 19.1 Å². The fourth-order valence-electron chi connectivity index (χ4n) is 2.84. The van der Waals surface area contributed by atoms with Crippen molar-refractivity contribution in [1.29, 1.82) is 0 Å². The Morgan fingerprint density at radius 3 is 2.54 bits per heavy atom. The first-order valence-corrected chi connectivity index (χ1v) is 10.4. The molecule has 2 aromatic carbocycles. The van der Waals surface area contributed by atoms with Crippen molar-refractivity contribution in [3.63, 3.8) is 0 Å². The molecule has 3 rings (SSSR count). The fraction of sp³-hybridized carbons (Fsp3) is 0.211. The Labute approximate surface area is 156 Å². The minimum atomic E-state index is -3.78. The van der Waals surface area contributed by atoms with E-state index in [1.54, 1.807) is 0 Å². The maximum atomic E-state index is 12.9. The van der Waals surface area contributed by atoms with Gasteiger partial charge in [-0.15, -0.1) is 11.3 Å². The molecule has 0 saturated heterocycles. The van der Waals surface area contributed by atoms with Gasteiger partial charge >= 0.3 is 0 Å². The number of anilines is 2. The first kappa shape index (κ1) is 18.4. The maximum absolute atomic E-state index is 12.9. The van der Waals surface area contributed by atoms with Gasteiger partial charge in [-0.2, -0.15) is 0 Å². The van der Waals surface area contributed by atoms with Crippen LogP contribution in [0.2, 0.25) is 0 Å². The van der Waals surface area contributed by atoms with Gasteiger partial charge in [0, 0.05) is 16.0 Å². The van der Waals surface area contributed by atoms with Crippen LogP contribution < -0.4 is 10.5 Å². The third kappa shape index (κ3) is 3.45. The standard InChI is InChI=1S/C19H20N2O3S2/c1-11(2)14-4-5-18-17(8-14)12(3)19(25-18)26(23,24)21-16-7-13(10-22)6-15(20)9-16/h4-11,21H,20H2,1-3H3. The van der Waals surface area contributed by atoms with Crippen LogP contribution in [0.1, 0.15) is 41.3 Å². The first-order valence-electron chi connectivity index (χ1n) is 8.13. The Morgan fingerprint density at radius 2 is 1.88 bits per heavy atom. The molecule has 1 heterocycles. The van der Waals surface area contributed by atoms with Crippen LogP contribution in [-0.4, -0.2) is 14.7 Å². The molecule has 0 amide bonds. The number of nitrogen functional groups attached to an aromatic ring is 1. The van der Waals surface area contributed by atoms with Crippen LogP contribution in [0.3, 0.4) is 0 Å². The number of benzene rings is 2. The van der Waals surface area contributed by atoms with E-state index in [9.17, 15) is 13.2 Å². The van der Waals surface area contributed by atoms with E-state index in [2.05, 4.69) is 24.6 Å². The van der Waals surface area contributed by atoms with E-state index in [0.717, 1.165) is 15.6 Å². The van der Waals surface area contributed by atoms with Gasteiger partial charge in [0.1, 0.15) is 10.5 Å². The van der Waals surface area contributed by atoms with Gasteiger partial charge in [-0.1, -0.05) is 19.9 Å². The fourth-order valence-corrected chi connectivity index (χ4v) is 5.62. The lowest BCUT2D eigenvalue weighted by Gasteiger charge is -2.09. The minimum absolute atomic E-state index is 0.267. The second kappa shape index (κ2) is 6.74. The lowest BCUT2D eigenvalue weighted by atomic mass is 10.0. The molecule has 7 heteroatoms. The zero-order valence-electron chi connectivity index (χ0n) is 14.7. The predicted molar refractivity (Wildman–Crippen MR) is 108 cm³/mol. The van der Waals surface area contributed by atoms with Crippen LogP contribution in [-0.2, 0) is 10.0 Å². The molecule has 0 bridgehead atoms. The molecule has 0 radical (unpaired) electrons. The number of aldehydes is 1. The van der Waals surface area contributed by atoms with Gasteiger partial charge in [0.2, 0.25) is 0 Å². The number of fused-ring (bicyclic) bond motifs is 1. The van der Waals surface area contributed by atoms with Crippen molar-refractivity contribution < 1.29 is 13.2 Å². The second-order valence-electron chi connectivity index (χ2n) is 6.54. The quantitative estimate of drug-likeness (QED) is 0.496. The predicted octanol–water partition coefficient (Wildman–Crippen LogP) is 4.53. The molecule has 0 unspecified atom stereocenters. The molecule has 0 saturated carbocycles. The molecule has 3 aromatic rings. The summed E-state index contributed by atoms with van der Waals surface area (Å²) in [6, 6.07) is 10.5. The molecule has 3 N–H and O–H groups in total. The second-order valence-corrected chi connectivity index (χ2v) is 9.47. The Kier molecular flexibility index (Phi) is 4.77. The number of carbonyl (C=O) groups excluding carboxylic acids is 1. The number of aryl methyl sites for hydroxylation is 1. The van der Waals surface area contributed by atoms with Crippen LogP contribution in [0.5, 0.6) is 0 Å². The number of sulfonamides is 1. The monoisotopic (exact) mass is 388 g/mol. The SMILES string of the molecule is Cc1c(S(=O)(=O)Nc2cc(N)cc(C=O)c2)sc2ccc(C(C)C)cc12. The summed E-state index contributed by atoms with van der Waals surface area (Å²) < 4.78 is 29.5. The Bertz CT molecular complexity index is 1100. The summed E-state index contributed by atoms with van der Waals surface area (Å²) in [6.45, 7) is 6.02. The summed E-state index contributed by atoms with van der Waals surface area (Å²) in [5.74, 6) is 0.367. The van der Waals surface area contributed by atoms with Crippen molar-refractivity contribution in [2.24, 2.45) is 0 Å². The maximum Gasteiger partial charge on any atom is 0.271 e. The lowest BCUT2D eigenvalue weighted by Crippen LogP contribution is -2.13. The highest BCUT2D eigenvalue weighted by Gasteiger charge is 2.22. The third-order valence-electron chi connectivity index (χ3n) is 4.19. The topological polar surface area (TPSA) is 89.3 Å². The van der Waals surface area contributed by atoms with Crippen molar-refractivity contribution in [3.8, 4) is 0 Å². The number of nitrogens with two attached hydrogens (primary N) is 1. The van der Waals surface area contributed by atoms with Gasteiger partial charge in [0.15, 0.2) is 0 Å². The molecular weight excluding hydrogens is 368 g/mol. The number of rotatable bonds is 5. The highest BCUT2D eigenvalue weighted by Crippen LogP contribution is 2.36. The molecule has 0 atom stereocenters. The van der Waals surface area contributed by atoms with Gasteiger partial charge in [0.25, 0.3) is 10.0 Å². The normalized spacial score (nSPS) is 11.8. The van der Waals surface area contributed by atoms with E-state index in [0.29, 0.717) is 23.5 Å². The largest absolute Gasteiger partial charge is 0.399 e. The van der Waals surface area contributed by atoms with Gasteiger partial charge in [0.05, 0.1) is 5.69 Å². The zero-order chi connectivity index (χ0) is 19.1. The van der Waals surface area contributed by atoms with E-state index in [1.165, 1.54) is 35.1 Å². The summed E-state index contributed by atoms with van der Waals surface area (Å²) in [7, 11) is -3.78. The number of carbonyl (C=O) groups is 1. The number of nitrogens with one attached hydrogen (secondary N) is 1. The van der Waals surface area contributed by atoms with Crippen LogP contribution in [0, 0.1) is 6.92 Å². The smallest absolute Gasteiger partial charge is 0.271 e. The molecule has 0 aliphatic heterocycles. The average Bonchev–Trinajstić information content (AvgIpc) is 2.91. The van der Waals surface area contributed by atoms with E-state index >= 15 is 0 Å². The van der Waals surface area contributed by atoms with Gasteiger partial charge in [-0.05, 0) is 59.7 Å². The van der Waals surface area contributed by atoms with Crippen LogP contribution in [0.4, 0.5) is 11.4 Å². The van der Waals surface area contributed by atoms with Crippen LogP contribution in [0.15, 0.2) is 40.6 Å². The molecule has 1 aromatic heterocycles. The first-order chi connectivity index (χ1) is 12.2. The molecule has 0 aliphatic carbocycles. The highest BCUT2D eigenvalue weighted by molar-refractivity contribution is 7.94. The molecular formula is C19H20N2O3S2. The number of thiophene rings is 1. The lowest BCUT2D eigenvalue weighted by molar-refractivity contribution is 0.112. The molecule has 26 heavy (non-hydrogen) atoms. The van der Waals surface area contributed by atoms with E-state index in [4.69, 9.17) is 5.73 Å². The molecule has 0 fully saturated rings. The average molecular weight is 389 g/mol. The Morgan fingerprint density at radius 1 is 1.15 bits per heavy atom. The number of hydrogen-bond donors (Lipinski definition) is 2. The molecule has 0 spiro atoms. The van der Waals surface area contributed by atoms with Crippen molar-refractivity contribution in [2.75, 3.05) is 10.5 Å². The summed E-state index contributed by atoms with van der Waals surface area (Å²) in [5.41, 5.74) is 8.54. The van der Waals surface area contributed by atoms with Gasteiger partial charge in [-0.25, -0.2) is 8.42 Å². The van der Waals surface area contributed by atoms with E-state index < -0.39 is 10.0 Å². The van der Waals surface area contributed by atoms with Crippen LogP contribution >= 0.6 is 11.3 Å². The van der Waals surface area contributed by atoms with Gasteiger partial charge < -0.3 is 5.73 Å². The number of hydrogen-bond acceptors (Lipinski definition) is 5. The summed E-state index contributed by atoms with van der Waals surface area (Å²) in [6.07, 6.45) is 0.631. The van der Waals surface area contributed by atoms with Crippen molar-refractivity contribution in [1.82, 2.24) is 0 Å². The van der Waals surface area contributed by atoms with Crippen LogP contribution in [0.25, 0.3) is 10.1 Å². The highest BCUT2D eigenvalue weighted by atomic mass is 32.2. The van der Waals surface area contributed by atoms with Crippen molar-refractivity contribution in [2.45, 2.75) is 30.9 Å². The third-order valence-corrected chi connectivity index (χ3v) is 7.47. The Hall–Kier alpha value is -2.38. The minimum Gasteiger partial charge on any atom is -0.399 e. The zero-order valence-corrected chi connectivity index (χ0v) is 16.4.